The molecule has 0 radical (unpaired) electrons. The monoisotopic (exact) mass is 514 g/mol. The van der Waals surface area contributed by atoms with Crippen LogP contribution in [0.3, 0.4) is 0 Å². The van der Waals surface area contributed by atoms with Crippen molar-refractivity contribution in [3.63, 3.8) is 0 Å². The highest BCUT2D eigenvalue weighted by atomic mass is 79.9. The molecule has 3 rings (SSSR count). The fourth-order valence-electron chi connectivity index (χ4n) is 3.02. The highest BCUT2D eigenvalue weighted by Crippen LogP contribution is 2.40. The normalized spacial score (nSPS) is 15.9. The largest absolute Gasteiger partial charge is 0.497 e. The number of allylic oxidation sites excluding steroid dienone is 3. The second-order valence-corrected chi connectivity index (χ2v) is 10.9. The molecule has 144 valence electrons. The first-order valence-corrected chi connectivity index (χ1v) is 11.0. The Labute approximate surface area is 179 Å². The molecule has 0 saturated carbocycles. The Morgan fingerprint density at radius 3 is 2.85 bits per heavy atom. The van der Waals surface area contributed by atoms with Crippen LogP contribution in [0.2, 0.25) is 0 Å². The maximum Gasteiger partial charge on any atom is 0.348 e. The number of hydrogen-bond donors (Lipinski definition) is 0. The summed E-state index contributed by atoms with van der Waals surface area (Å²) in [6.07, 6.45) is 7.77. The molecular formula is C20H20Br2O4S. The third-order valence-electron chi connectivity index (χ3n) is 4.23. The SMILES string of the molecule is CCOC(=O)c1scc(Cc2ccco2)c1CC1=CC(Br)(Br)CC=C1OC. The van der Waals surface area contributed by atoms with Gasteiger partial charge in [0, 0.05) is 12.8 Å². The van der Waals surface area contributed by atoms with Crippen molar-refractivity contribution in [3.8, 4) is 0 Å². The minimum atomic E-state index is -0.307. The summed E-state index contributed by atoms with van der Waals surface area (Å²) < 4.78 is 16.0. The number of halogens is 2. The minimum Gasteiger partial charge on any atom is -0.497 e. The van der Waals surface area contributed by atoms with E-state index in [1.807, 2.05) is 30.5 Å². The van der Waals surface area contributed by atoms with Gasteiger partial charge in [0.2, 0.25) is 0 Å². The zero-order valence-electron chi connectivity index (χ0n) is 15.1. The highest BCUT2D eigenvalue weighted by Gasteiger charge is 2.28. The van der Waals surface area contributed by atoms with E-state index in [2.05, 4.69) is 37.9 Å². The van der Waals surface area contributed by atoms with Crippen molar-refractivity contribution in [2.24, 2.45) is 0 Å². The zero-order chi connectivity index (χ0) is 19.4. The second kappa shape index (κ2) is 8.80. The smallest absolute Gasteiger partial charge is 0.348 e. The Morgan fingerprint density at radius 1 is 1.37 bits per heavy atom. The molecule has 0 aliphatic heterocycles. The fourth-order valence-corrected chi connectivity index (χ4v) is 4.88. The number of ether oxygens (including phenoxy) is 2. The fraction of sp³-hybridized carbons (Fsp3) is 0.350. The van der Waals surface area contributed by atoms with Crippen molar-refractivity contribution in [2.75, 3.05) is 13.7 Å². The second-order valence-electron chi connectivity index (χ2n) is 6.13. The Bertz CT molecular complexity index is 863. The van der Waals surface area contributed by atoms with Crippen molar-refractivity contribution in [2.45, 2.75) is 29.4 Å². The highest BCUT2D eigenvalue weighted by molar-refractivity contribution is 9.25. The van der Waals surface area contributed by atoms with Gasteiger partial charge < -0.3 is 13.9 Å². The molecular weight excluding hydrogens is 496 g/mol. The van der Waals surface area contributed by atoms with E-state index in [-0.39, 0.29) is 9.20 Å². The maximum atomic E-state index is 12.5. The summed E-state index contributed by atoms with van der Waals surface area (Å²) in [5, 5.41) is 2.01. The van der Waals surface area contributed by atoms with Gasteiger partial charge in [0.05, 0.1) is 20.0 Å². The average Bonchev–Trinajstić information content (AvgIpc) is 3.26. The Hall–Kier alpha value is -1.31. The van der Waals surface area contributed by atoms with Gasteiger partial charge >= 0.3 is 5.97 Å². The molecule has 0 amide bonds. The summed E-state index contributed by atoms with van der Waals surface area (Å²) in [6, 6.07) is 3.81. The number of esters is 1. The number of hydrogen-bond acceptors (Lipinski definition) is 5. The molecule has 7 heteroatoms. The molecule has 2 aromatic rings. The molecule has 0 fully saturated rings. The molecule has 0 N–H and O–H groups in total. The van der Waals surface area contributed by atoms with Crippen LogP contribution in [0.25, 0.3) is 0 Å². The van der Waals surface area contributed by atoms with Crippen molar-refractivity contribution in [1.29, 1.82) is 0 Å². The molecule has 1 aliphatic carbocycles. The predicted molar refractivity (Wildman–Crippen MR) is 114 cm³/mol. The Balaban J connectivity index is 1.98. The number of alkyl halides is 2. The molecule has 0 saturated heterocycles. The van der Waals surface area contributed by atoms with E-state index < -0.39 is 0 Å². The number of furan rings is 1. The molecule has 1 aliphatic rings. The number of thiophene rings is 1. The third-order valence-corrected chi connectivity index (χ3v) is 6.39. The van der Waals surface area contributed by atoms with E-state index in [1.54, 1.807) is 13.4 Å². The van der Waals surface area contributed by atoms with Gasteiger partial charge in [0.1, 0.15) is 19.6 Å². The van der Waals surface area contributed by atoms with E-state index in [1.165, 1.54) is 11.3 Å². The van der Waals surface area contributed by atoms with Crippen LogP contribution in [0, 0.1) is 0 Å². The molecule has 0 aromatic carbocycles. The molecule has 0 bridgehead atoms. The summed E-state index contributed by atoms with van der Waals surface area (Å²) in [6.45, 7) is 2.16. The molecule has 0 atom stereocenters. The van der Waals surface area contributed by atoms with E-state index >= 15 is 0 Å². The first-order valence-electron chi connectivity index (χ1n) is 8.56. The number of carbonyl (C=O) groups excluding carboxylic acids is 1. The molecule has 0 unspecified atom stereocenters. The lowest BCUT2D eigenvalue weighted by atomic mass is 9.94. The lowest BCUT2D eigenvalue weighted by molar-refractivity contribution is 0.0531. The maximum absolute atomic E-state index is 12.5. The molecule has 2 heterocycles. The van der Waals surface area contributed by atoms with Crippen LogP contribution in [-0.2, 0) is 22.3 Å². The van der Waals surface area contributed by atoms with Gasteiger partial charge in [-0.1, -0.05) is 31.9 Å². The lowest BCUT2D eigenvalue weighted by Crippen LogP contribution is -2.16. The van der Waals surface area contributed by atoms with Crippen molar-refractivity contribution >= 4 is 49.2 Å². The van der Waals surface area contributed by atoms with Crippen molar-refractivity contribution in [1.82, 2.24) is 0 Å². The topological polar surface area (TPSA) is 48.7 Å². The van der Waals surface area contributed by atoms with Crippen LogP contribution in [0.4, 0.5) is 0 Å². The lowest BCUT2D eigenvalue weighted by Gasteiger charge is -2.24. The van der Waals surface area contributed by atoms with Gasteiger partial charge in [-0.3, -0.25) is 0 Å². The summed E-state index contributed by atoms with van der Waals surface area (Å²) in [7, 11) is 1.67. The van der Waals surface area contributed by atoms with Gasteiger partial charge in [-0.15, -0.1) is 11.3 Å². The first-order chi connectivity index (χ1) is 12.9. The summed E-state index contributed by atoms with van der Waals surface area (Å²) in [4.78, 5) is 13.1. The zero-order valence-corrected chi connectivity index (χ0v) is 19.1. The van der Waals surface area contributed by atoms with Gasteiger partial charge in [-0.25, -0.2) is 4.79 Å². The van der Waals surface area contributed by atoms with Crippen LogP contribution >= 0.6 is 43.2 Å². The van der Waals surface area contributed by atoms with Crippen molar-refractivity contribution < 1.29 is 18.7 Å². The number of rotatable bonds is 7. The standard InChI is InChI=1S/C20H20Br2O4S/c1-3-25-19(23)18-16(14(12-27-18)9-15-5-4-8-26-15)10-13-11-20(21,22)7-6-17(13)24-2/h4-6,8,11-12H,3,7,9-10H2,1-2H3. The minimum absolute atomic E-state index is 0.286. The molecule has 4 nitrogen and oxygen atoms in total. The molecule has 27 heavy (non-hydrogen) atoms. The predicted octanol–water partition coefficient (Wildman–Crippen LogP) is 6.00. The summed E-state index contributed by atoms with van der Waals surface area (Å²) in [5.41, 5.74) is 3.04. The van der Waals surface area contributed by atoms with E-state index in [0.717, 1.165) is 34.6 Å². The van der Waals surface area contributed by atoms with Crippen LogP contribution in [0.15, 0.2) is 51.7 Å². The quantitative estimate of drug-likeness (QED) is 0.335. The van der Waals surface area contributed by atoms with E-state index in [0.29, 0.717) is 24.3 Å². The van der Waals surface area contributed by atoms with Gasteiger partial charge in [-0.05, 0) is 59.7 Å². The van der Waals surface area contributed by atoms with Gasteiger partial charge in [-0.2, -0.15) is 0 Å². The van der Waals surface area contributed by atoms with Crippen LogP contribution < -0.4 is 0 Å². The van der Waals surface area contributed by atoms with Crippen LogP contribution in [0.1, 0.15) is 39.9 Å². The average molecular weight is 516 g/mol. The summed E-state index contributed by atoms with van der Waals surface area (Å²) >= 11 is 8.75. The van der Waals surface area contributed by atoms with E-state index in [9.17, 15) is 4.79 Å². The van der Waals surface area contributed by atoms with Crippen molar-refractivity contribution in [3.05, 3.63) is 69.0 Å². The van der Waals surface area contributed by atoms with Gasteiger partial charge in [0.25, 0.3) is 0 Å². The third kappa shape index (κ3) is 4.95. The molecule has 0 spiro atoms. The number of carbonyl (C=O) groups is 1. The Morgan fingerprint density at radius 2 is 2.19 bits per heavy atom. The summed E-state index contributed by atoms with van der Waals surface area (Å²) in [5.74, 6) is 1.40. The number of methoxy groups -OCH3 is 1. The van der Waals surface area contributed by atoms with Gasteiger partial charge in [0.15, 0.2) is 0 Å². The first kappa shape index (κ1) is 20.4. The van der Waals surface area contributed by atoms with Crippen LogP contribution in [-0.4, -0.2) is 22.9 Å². The molecule has 2 aromatic heterocycles. The van der Waals surface area contributed by atoms with Crippen LogP contribution in [0.5, 0.6) is 0 Å². The Kier molecular flexibility index (Phi) is 6.65. The van der Waals surface area contributed by atoms with E-state index in [4.69, 9.17) is 13.9 Å².